The lowest BCUT2D eigenvalue weighted by atomic mass is 10.1. The Morgan fingerprint density at radius 1 is 1.35 bits per heavy atom. The highest BCUT2D eigenvalue weighted by molar-refractivity contribution is 9.10. The molecule has 0 radical (unpaired) electrons. The van der Waals surface area contributed by atoms with Gasteiger partial charge in [-0.1, -0.05) is 6.07 Å². The molecular formula is C14H11BrFNO3. The summed E-state index contributed by atoms with van der Waals surface area (Å²) in [6.45, 7) is 0. The second-order valence-electron chi connectivity index (χ2n) is 3.94. The predicted molar refractivity (Wildman–Crippen MR) is 76.7 cm³/mol. The summed E-state index contributed by atoms with van der Waals surface area (Å²) in [5, 5.41) is 12.4. The zero-order valence-electron chi connectivity index (χ0n) is 10.5. The SMILES string of the molecule is COc1cccc(C(=O)Nc2ccc(F)c(Br)c2)c1O. The number of rotatable bonds is 3. The van der Waals surface area contributed by atoms with E-state index in [1.165, 1.54) is 31.4 Å². The van der Waals surface area contributed by atoms with Crippen LogP contribution in [0.2, 0.25) is 0 Å². The fraction of sp³-hybridized carbons (Fsp3) is 0.0714. The zero-order valence-corrected chi connectivity index (χ0v) is 12.1. The van der Waals surface area contributed by atoms with Crippen molar-refractivity contribution >= 4 is 27.5 Å². The van der Waals surface area contributed by atoms with E-state index in [2.05, 4.69) is 21.2 Å². The standard InChI is InChI=1S/C14H11BrFNO3/c1-20-12-4-2-3-9(13(12)18)14(19)17-8-5-6-11(16)10(15)7-8/h2-7,18H,1H3,(H,17,19). The first-order chi connectivity index (χ1) is 9.52. The third-order valence-electron chi connectivity index (χ3n) is 2.64. The fourth-order valence-corrected chi connectivity index (χ4v) is 2.02. The Labute approximate surface area is 123 Å². The van der Waals surface area contributed by atoms with Gasteiger partial charge in [-0.3, -0.25) is 4.79 Å². The molecule has 6 heteroatoms. The van der Waals surface area contributed by atoms with Gasteiger partial charge in [-0.15, -0.1) is 0 Å². The topological polar surface area (TPSA) is 58.6 Å². The molecule has 2 rings (SSSR count). The Morgan fingerprint density at radius 3 is 2.75 bits per heavy atom. The highest BCUT2D eigenvalue weighted by atomic mass is 79.9. The molecule has 2 aromatic carbocycles. The monoisotopic (exact) mass is 339 g/mol. The van der Waals surface area contributed by atoms with Crippen molar-refractivity contribution in [2.45, 2.75) is 0 Å². The minimum Gasteiger partial charge on any atom is -0.504 e. The molecule has 0 saturated heterocycles. The van der Waals surface area contributed by atoms with E-state index in [0.717, 1.165) is 0 Å². The highest BCUT2D eigenvalue weighted by Gasteiger charge is 2.15. The number of ether oxygens (including phenoxy) is 1. The Hall–Kier alpha value is -2.08. The molecule has 20 heavy (non-hydrogen) atoms. The third-order valence-corrected chi connectivity index (χ3v) is 3.25. The molecule has 104 valence electrons. The van der Waals surface area contributed by atoms with Crippen LogP contribution in [0.1, 0.15) is 10.4 Å². The Balaban J connectivity index is 2.26. The highest BCUT2D eigenvalue weighted by Crippen LogP contribution is 2.30. The lowest BCUT2D eigenvalue weighted by Gasteiger charge is -2.09. The Morgan fingerprint density at radius 2 is 2.10 bits per heavy atom. The van der Waals surface area contributed by atoms with Gasteiger partial charge in [0.15, 0.2) is 11.5 Å². The van der Waals surface area contributed by atoms with Crippen molar-refractivity contribution in [1.29, 1.82) is 0 Å². The molecule has 2 aromatic rings. The van der Waals surface area contributed by atoms with E-state index in [1.807, 2.05) is 0 Å². The molecule has 0 fully saturated rings. The number of amides is 1. The summed E-state index contributed by atoms with van der Waals surface area (Å²) in [6.07, 6.45) is 0. The lowest BCUT2D eigenvalue weighted by molar-refractivity contribution is 0.102. The number of nitrogens with one attached hydrogen (secondary N) is 1. The van der Waals surface area contributed by atoms with Crippen molar-refractivity contribution in [3.63, 3.8) is 0 Å². The van der Waals surface area contributed by atoms with E-state index >= 15 is 0 Å². The number of phenolic OH excluding ortho intramolecular Hbond substituents is 1. The van der Waals surface area contributed by atoms with E-state index < -0.39 is 11.7 Å². The summed E-state index contributed by atoms with van der Waals surface area (Å²) in [5.41, 5.74) is 0.482. The second kappa shape index (κ2) is 5.92. The van der Waals surface area contributed by atoms with Crippen LogP contribution in [0.4, 0.5) is 10.1 Å². The molecule has 0 aliphatic carbocycles. The van der Waals surface area contributed by atoms with Gasteiger partial charge in [0.05, 0.1) is 17.1 Å². The summed E-state index contributed by atoms with van der Waals surface area (Å²) in [4.78, 5) is 12.1. The number of hydrogen-bond donors (Lipinski definition) is 2. The van der Waals surface area contributed by atoms with Gasteiger partial charge in [-0.2, -0.15) is 0 Å². The van der Waals surface area contributed by atoms with Crippen LogP contribution >= 0.6 is 15.9 Å². The van der Waals surface area contributed by atoms with Crippen molar-refractivity contribution in [1.82, 2.24) is 0 Å². The number of benzene rings is 2. The van der Waals surface area contributed by atoms with Gasteiger partial charge in [0.2, 0.25) is 0 Å². The van der Waals surface area contributed by atoms with Crippen LogP contribution in [0.25, 0.3) is 0 Å². The third kappa shape index (κ3) is 2.91. The first kappa shape index (κ1) is 14.3. The van der Waals surface area contributed by atoms with E-state index in [-0.39, 0.29) is 21.5 Å². The molecule has 0 heterocycles. The summed E-state index contributed by atoms with van der Waals surface area (Å²) in [7, 11) is 1.40. The maximum absolute atomic E-state index is 13.1. The number of halogens is 2. The lowest BCUT2D eigenvalue weighted by Crippen LogP contribution is -2.12. The minimum absolute atomic E-state index is 0.0739. The number of hydrogen-bond acceptors (Lipinski definition) is 3. The fourth-order valence-electron chi connectivity index (χ4n) is 1.64. The van der Waals surface area contributed by atoms with Gasteiger partial charge in [0.1, 0.15) is 5.82 Å². The molecule has 0 bridgehead atoms. The maximum Gasteiger partial charge on any atom is 0.259 e. The molecule has 2 N–H and O–H groups in total. The Kier molecular flexibility index (Phi) is 4.24. The first-order valence-corrected chi connectivity index (χ1v) is 6.44. The van der Waals surface area contributed by atoms with Gasteiger partial charge >= 0.3 is 0 Å². The van der Waals surface area contributed by atoms with Crippen molar-refractivity contribution < 1.29 is 19.0 Å². The van der Waals surface area contributed by atoms with Gasteiger partial charge < -0.3 is 15.2 Å². The van der Waals surface area contributed by atoms with Crippen LogP contribution in [0.15, 0.2) is 40.9 Å². The molecular weight excluding hydrogens is 329 g/mol. The van der Waals surface area contributed by atoms with Crippen LogP contribution in [0, 0.1) is 5.82 Å². The number of para-hydroxylation sites is 1. The van der Waals surface area contributed by atoms with Crippen LogP contribution < -0.4 is 10.1 Å². The largest absolute Gasteiger partial charge is 0.504 e. The summed E-state index contributed by atoms with van der Waals surface area (Å²) in [6, 6.07) is 8.69. The molecule has 0 saturated carbocycles. The van der Waals surface area contributed by atoms with Gasteiger partial charge in [0.25, 0.3) is 5.91 Å². The molecule has 0 spiro atoms. The zero-order chi connectivity index (χ0) is 14.7. The van der Waals surface area contributed by atoms with Crippen molar-refractivity contribution in [2.75, 3.05) is 12.4 Å². The van der Waals surface area contributed by atoms with Gasteiger partial charge in [0, 0.05) is 5.69 Å². The minimum atomic E-state index is -0.514. The van der Waals surface area contributed by atoms with Crippen LogP contribution in [0.3, 0.4) is 0 Å². The molecule has 1 amide bonds. The molecule has 4 nitrogen and oxygen atoms in total. The predicted octanol–water partition coefficient (Wildman–Crippen LogP) is 3.55. The molecule has 0 aliphatic rings. The normalized spacial score (nSPS) is 10.2. The van der Waals surface area contributed by atoms with Crippen molar-refractivity contribution in [2.24, 2.45) is 0 Å². The van der Waals surface area contributed by atoms with Crippen molar-refractivity contribution in [3.05, 3.63) is 52.3 Å². The smallest absolute Gasteiger partial charge is 0.259 e. The van der Waals surface area contributed by atoms with Crippen molar-refractivity contribution in [3.8, 4) is 11.5 Å². The van der Waals surface area contributed by atoms with E-state index in [4.69, 9.17) is 4.74 Å². The molecule has 0 atom stereocenters. The maximum atomic E-state index is 13.1. The molecule has 0 unspecified atom stereocenters. The number of phenols is 1. The number of carbonyl (C=O) groups is 1. The number of anilines is 1. The van der Waals surface area contributed by atoms with E-state index in [9.17, 15) is 14.3 Å². The average Bonchev–Trinajstić information content (AvgIpc) is 2.43. The second-order valence-corrected chi connectivity index (χ2v) is 4.79. The van der Waals surface area contributed by atoms with E-state index in [1.54, 1.807) is 12.1 Å². The number of aromatic hydroxyl groups is 1. The molecule has 0 aromatic heterocycles. The quantitative estimate of drug-likeness (QED) is 0.898. The summed E-state index contributed by atoms with van der Waals surface area (Å²) < 4.78 is 18.3. The summed E-state index contributed by atoms with van der Waals surface area (Å²) >= 11 is 3.03. The van der Waals surface area contributed by atoms with Crippen LogP contribution in [-0.4, -0.2) is 18.1 Å². The van der Waals surface area contributed by atoms with Gasteiger partial charge in [-0.05, 0) is 46.3 Å². The first-order valence-electron chi connectivity index (χ1n) is 5.65. The molecule has 0 aliphatic heterocycles. The van der Waals surface area contributed by atoms with Crippen LogP contribution in [-0.2, 0) is 0 Å². The Bertz CT molecular complexity index is 661. The van der Waals surface area contributed by atoms with E-state index in [0.29, 0.717) is 5.69 Å². The number of methoxy groups -OCH3 is 1. The summed E-state index contributed by atoms with van der Waals surface area (Å²) in [5.74, 6) is -0.973. The van der Waals surface area contributed by atoms with Crippen LogP contribution in [0.5, 0.6) is 11.5 Å². The average molecular weight is 340 g/mol. The van der Waals surface area contributed by atoms with Gasteiger partial charge in [-0.25, -0.2) is 4.39 Å². The number of carbonyl (C=O) groups excluding carboxylic acids is 1.